The summed E-state index contributed by atoms with van der Waals surface area (Å²) in [5.74, 6) is -0.282. The summed E-state index contributed by atoms with van der Waals surface area (Å²) in [5, 5.41) is 4.07. The number of hydrogen-bond donors (Lipinski definition) is 1. The van der Waals surface area contributed by atoms with Crippen LogP contribution in [0.1, 0.15) is 5.56 Å². The van der Waals surface area contributed by atoms with E-state index in [9.17, 15) is 4.79 Å². The lowest BCUT2D eigenvalue weighted by Crippen LogP contribution is -2.44. The molecule has 0 fully saturated rings. The first kappa shape index (κ1) is 12.2. The second-order valence-corrected chi connectivity index (χ2v) is 4.10. The minimum absolute atomic E-state index is 0.271. The molecule has 0 saturated heterocycles. The van der Waals surface area contributed by atoms with Crippen molar-refractivity contribution in [2.75, 3.05) is 20.7 Å². The maximum absolute atomic E-state index is 11.4. The molecule has 1 aromatic rings. The highest BCUT2D eigenvalue weighted by molar-refractivity contribution is 7.07. The Morgan fingerprint density at radius 2 is 2.47 bits per heavy atom. The summed E-state index contributed by atoms with van der Waals surface area (Å²) in [6.45, 7) is 0.980. The van der Waals surface area contributed by atoms with Crippen LogP contribution >= 0.6 is 11.3 Å². The van der Waals surface area contributed by atoms with Crippen molar-refractivity contribution in [2.45, 2.75) is 12.6 Å². The average molecular weight is 228 g/mol. The fourth-order valence-corrected chi connectivity index (χ4v) is 2.03. The second kappa shape index (κ2) is 5.85. The summed E-state index contributed by atoms with van der Waals surface area (Å²) < 4.78 is 4.69. The van der Waals surface area contributed by atoms with E-state index in [1.807, 2.05) is 23.4 Å². The summed E-state index contributed by atoms with van der Waals surface area (Å²) in [4.78, 5) is 13.3. The maximum atomic E-state index is 11.4. The number of hydrogen-bond acceptors (Lipinski definition) is 5. The normalized spacial score (nSPS) is 12.8. The third-order valence-electron chi connectivity index (χ3n) is 2.24. The van der Waals surface area contributed by atoms with Crippen molar-refractivity contribution in [1.29, 1.82) is 0 Å². The zero-order chi connectivity index (χ0) is 11.3. The molecule has 0 spiro atoms. The Labute approximate surface area is 93.6 Å². The van der Waals surface area contributed by atoms with Crippen molar-refractivity contribution in [3.8, 4) is 0 Å². The van der Waals surface area contributed by atoms with Crippen molar-refractivity contribution in [1.82, 2.24) is 4.90 Å². The Morgan fingerprint density at radius 1 is 1.73 bits per heavy atom. The molecule has 15 heavy (non-hydrogen) atoms. The van der Waals surface area contributed by atoms with Crippen LogP contribution in [0, 0.1) is 0 Å². The molecule has 1 aromatic heterocycles. The predicted molar refractivity (Wildman–Crippen MR) is 60.6 cm³/mol. The molecule has 2 N–H and O–H groups in total. The number of rotatable bonds is 5. The first-order chi connectivity index (χ1) is 7.19. The van der Waals surface area contributed by atoms with E-state index in [4.69, 9.17) is 5.73 Å². The summed E-state index contributed by atoms with van der Waals surface area (Å²) in [5.41, 5.74) is 6.72. The zero-order valence-corrected chi connectivity index (χ0v) is 9.79. The molecular formula is C10H16N2O2S. The Bertz CT molecular complexity index is 300. The minimum Gasteiger partial charge on any atom is -0.468 e. The molecule has 0 radical (unpaired) electrons. The molecular weight excluding hydrogens is 212 g/mol. The number of carbonyl (C=O) groups excluding carboxylic acids is 1. The number of thiophene rings is 1. The van der Waals surface area contributed by atoms with E-state index in [0.29, 0.717) is 6.54 Å². The lowest BCUT2D eigenvalue weighted by molar-refractivity contribution is -0.146. The van der Waals surface area contributed by atoms with Gasteiger partial charge in [-0.1, -0.05) is 0 Å². The average Bonchev–Trinajstić information content (AvgIpc) is 2.71. The van der Waals surface area contributed by atoms with E-state index < -0.39 is 0 Å². The zero-order valence-electron chi connectivity index (χ0n) is 8.97. The summed E-state index contributed by atoms with van der Waals surface area (Å²) in [6.07, 6.45) is 0. The van der Waals surface area contributed by atoms with Gasteiger partial charge in [0.1, 0.15) is 6.04 Å². The molecule has 0 aromatic carbocycles. The van der Waals surface area contributed by atoms with E-state index in [1.54, 1.807) is 11.3 Å². The van der Waals surface area contributed by atoms with Gasteiger partial charge in [-0.3, -0.25) is 9.69 Å². The Balaban J connectivity index is 2.57. The molecule has 0 amide bonds. The Hall–Kier alpha value is -0.910. The van der Waals surface area contributed by atoms with Gasteiger partial charge >= 0.3 is 5.97 Å². The standard InChI is InChI=1S/C10H16N2O2S/c1-12(6-8-3-4-15-7-8)9(5-11)10(13)14-2/h3-4,7,9H,5-6,11H2,1-2H3. The molecule has 1 rings (SSSR count). The highest BCUT2D eigenvalue weighted by atomic mass is 32.1. The number of nitrogens with zero attached hydrogens (tertiary/aromatic N) is 1. The van der Waals surface area contributed by atoms with E-state index in [0.717, 1.165) is 0 Å². The van der Waals surface area contributed by atoms with Crippen LogP contribution in [0.5, 0.6) is 0 Å². The van der Waals surface area contributed by atoms with E-state index >= 15 is 0 Å². The molecule has 0 saturated carbocycles. The van der Waals surface area contributed by atoms with Crippen LogP contribution in [0.3, 0.4) is 0 Å². The quantitative estimate of drug-likeness (QED) is 0.753. The van der Waals surface area contributed by atoms with Crippen molar-refractivity contribution >= 4 is 17.3 Å². The van der Waals surface area contributed by atoms with Gasteiger partial charge in [0.05, 0.1) is 7.11 Å². The molecule has 4 nitrogen and oxygen atoms in total. The van der Waals surface area contributed by atoms with E-state index in [2.05, 4.69) is 10.1 Å². The SMILES string of the molecule is COC(=O)C(CN)N(C)Cc1ccsc1. The van der Waals surface area contributed by atoms with Gasteiger partial charge < -0.3 is 10.5 Å². The lowest BCUT2D eigenvalue weighted by atomic mass is 10.2. The molecule has 0 aliphatic carbocycles. The maximum Gasteiger partial charge on any atom is 0.324 e. The van der Waals surface area contributed by atoms with Crippen LogP contribution in [-0.2, 0) is 16.1 Å². The van der Waals surface area contributed by atoms with Crippen LogP contribution in [-0.4, -0.2) is 37.6 Å². The third-order valence-corrected chi connectivity index (χ3v) is 2.97. The van der Waals surface area contributed by atoms with Crippen LogP contribution < -0.4 is 5.73 Å². The second-order valence-electron chi connectivity index (χ2n) is 3.32. The fourth-order valence-electron chi connectivity index (χ4n) is 1.37. The molecule has 1 unspecified atom stereocenters. The smallest absolute Gasteiger partial charge is 0.324 e. The van der Waals surface area contributed by atoms with Crippen molar-refractivity contribution in [3.05, 3.63) is 22.4 Å². The van der Waals surface area contributed by atoms with Crippen molar-refractivity contribution in [3.63, 3.8) is 0 Å². The summed E-state index contributed by atoms with van der Waals surface area (Å²) in [7, 11) is 3.25. The topological polar surface area (TPSA) is 55.6 Å². The predicted octanol–water partition coefficient (Wildman–Crippen LogP) is 0.680. The number of methoxy groups -OCH3 is 1. The van der Waals surface area contributed by atoms with Crippen LogP contribution in [0.15, 0.2) is 16.8 Å². The molecule has 84 valence electrons. The molecule has 0 bridgehead atoms. The molecule has 0 aliphatic heterocycles. The Morgan fingerprint density at radius 3 is 2.93 bits per heavy atom. The lowest BCUT2D eigenvalue weighted by Gasteiger charge is -2.24. The Kier molecular flexibility index (Phi) is 4.74. The highest BCUT2D eigenvalue weighted by Gasteiger charge is 2.22. The van der Waals surface area contributed by atoms with Gasteiger partial charge in [0.2, 0.25) is 0 Å². The third kappa shape index (κ3) is 3.30. The van der Waals surface area contributed by atoms with Gasteiger partial charge in [-0.15, -0.1) is 0 Å². The van der Waals surface area contributed by atoms with Gasteiger partial charge in [-0.25, -0.2) is 0 Å². The van der Waals surface area contributed by atoms with Crippen LogP contribution in [0.4, 0.5) is 0 Å². The largest absolute Gasteiger partial charge is 0.468 e. The number of likely N-dealkylation sites (N-methyl/N-ethyl adjacent to an activating group) is 1. The molecule has 5 heteroatoms. The van der Waals surface area contributed by atoms with Gasteiger partial charge in [0.15, 0.2) is 0 Å². The van der Waals surface area contributed by atoms with E-state index in [1.165, 1.54) is 12.7 Å². The highest BCUT2D eigenvalue weighted by Crippen LogP contribution is 2.10. The first-order valence-electron chi connectivity index (χ1n) is 4.68. The summed E-state index contributed by atoms with van der Waals surface area (Å²) in [6, 6.07) is 1.67. The minimum atomic E-state index is -0.366. The van der Waals surface area contributed by atoms with Gasteiger partial charge in [-0.05, 0) is 29.4 Å². The van der Waals surface area contributed by atoms with Gasteiger partial charge in [-0.2, -0.15) is 11.3 Å². The van der Waals surface area contributed by atoms with Crippen molar-refractivity contribution in [2.24, 2.45) is 5.73 Å². The van der Waals surface area contributed by atoms with Gasteiger partial charge in [0.25, 0.3) is 0 Å². The first-order valence-corrected chi connectivity index (χ1v) is 5.62. The molecule has 1 heterocycles. The summed E-state index contributed by atoms with van der Waals surface area (Å²) >= 11 is 1.64. The number of nitrogens with two attached hydrogens (primary N) is 1. The molecule has 1 atom stereocenters. The fraction of sp³-hybridized carbons (Fsp3) is 0.500. The number of carbonyl (C=O) groups is 1. The monoisotopic (exact) mass is 228 g/mol. The van der Waals surface area contributed by atoms with Crippen molar-refractivity contribution < 1.29 is 9.53 Å². The van der Waals surface area contributed by atoms with E-state index in [-0.39, 0.29) is 18.6 Å². The number of ether oxygens (including phenoxy) is 1. The van der Waals surface area contributed by atoms with Gasteiger partial charge in [0, 0.05) is 13.1 Å². The van der Waals surface area contributed by atoms with Crippen LogP contribution in [0.25, 0.3) is 0 Å². The van der Waals surface area contributed by atoms with Crippen LogP contribution in [0.2, 0.25) is 0 Å². The number of esters is 1. The molecule has 0 aliphatic rings.